The number of amides is 1. The summed E-state index contributed by atoms with van der Waals surface area (Å²) in [5.41, 5.74) is 0. The normalized spacial score (nSPS) is 15.3. The van der Waals surface area contributed by atoms with Crippen LogP contribution in [0.4, 0.5) is 0 Å². The third-order valence-electron chi connectivity index (χ3n) is 3.60. The average Bonchev–Trinajstić information content (AvgIpc) is 3.40. The zero-order valence-electron chi connectivity index (χ0n) is 14.2. The maximum Gasteiger partial charge on any atom is 0.324 e. The molecule has 1 aliphatic rings. The molecule has 1 aliphatic carbocycles. The number of carbonyl (C=O) groups is 2. The molecule has 0 bridgehead atoms. The van der Waals surface area contributed by atoms with Gasteiger partial charge in [-0.25, -0.2) is 8.42 Å². The Morgan fingerprint density at radius 2 is 1.96 bits per heavy atom. The lowest BCUT2D eigenvalue weighted by Gasteiger charge is -2.17. The van der Waals surface area contributed by atoms with Crippen molar-refractivity contribution in [2.75, 3.05) is 18.6 Å². The number of hydrogen-bond donors (Lipinski definition) is 2. The van der Waals surface area contributed by atoms with E-state index in [4.69, 9.17) is 4.74 Å². The van der Waals surface area contributed by atoms with Gasteiger partial charge in [0.15, 0.2) is 6.61 Å². The number of carbonyl (C=O) groups excluding carboxylic acids is 2. The molecule has 1 amide bonds. The molecule has 144 valence electrons. The Morgan fingerprint density at radius 1 is 1.31 bits per heavy atom. The summed E-state index contributed by atoms with van der Waals surface area (Å²) in [5.74, 6) is -0.567. The van der Waals surface area contributed by atoms with Crippen LogP contribution in [0.2, 0.25) is 0 Å². The van der Waals surface area contributed by atoms with E-state index in [1.54, 1.807) is 12.1 Å². The van der Waals surface area contributed by atoms with Gasteiger partial charge in [0.05, 0.1) is 4.90 Å². The topological polar surface area (TPSA) is 102 Å². The standard InChI is InChI=1S/C16H21BrN2O5S2/c1-25-9-8-14(16(21)24-10-15(20)18-12-4-5-12)19-26(22,23)13-6-2-11(17)3-7-13/h2-3,6-7,12,14,19H,4-5,8-10H2,1H3,(H,18,20)/t14-/m0/s1. The molecular formula is C16H21BrN2O5S2. The first-order chi connectivity index (χ1) is 12.3. The fourth-order valence-electron chi connectivity index (χ4n) is 2.06. The second-order valence-electron chi connectivity index (χ2n) is 5.86. The third kappa shape index (κ3) is 6.90. The van der Waals surface area contributed by atoms with Crippen molar-refractivity contribution in [3.05, 3.63) is 28.7 Å². The molecule has 0 radical (unpaired) electrons. The number of esters is 1. The summed E-state index contributed by atoms with van der Waals surface area (Å²) >= 11 is 4.73. The molecule has 1 saturated carbocycles. The highest BCUT2D eigenvalue weighted by Gasteiger charge is 2.28. The summed E-state index contributed by atoms with van der Waals surface area (Å²) in [5, 5.41) is 2.71. The summed E-state index contributed by atoms with van der Waals surface area (Å²) in [6.07, 6.45) is 3.99. The Labute approximate surface area is 165 Å². The van der Waals surface area contributed by atoms with Gasteiger partial charge in [-0.05, 0) is 55.5 Å². The van der Waals surface area contributed by atoms with Gasteiger partial charge in [0.25, 0.3) is 5.91 Å². The van der Waals surface area contributed by atoms with E-state index in [2.05, 4.69) is 26.0 Å². The molecule has 1 fully saturated rings. The number of halogens is 1. The highest BCUT2D eigenvalue weighted by atomic mass is 79.9. The van der Waals surface area contributed by atoms with Gasteiger partial charge in [-0.15, -0.1) is 0 Å². The van der Waals surface area contributed by atoms with Crippen LogP contribution in [-0.2, 0) is 24.3 Å². The summed E-state index contributed by atoms with van der Waals surface area (Å²) in [7, 11) is -3.88. The van der Waals surface area contributed by atoms with Crippen LogP contribution < -0.4 is 10.0 Å². The van der Waals surface area contributed by atoms with Crippen molar-refractivity contribution in [1.29, 1.82) is 0 Å². The van der Waals surface area contributed by atoms with Gasteiger partial charge in [-0.2, -0.15) is 16.5 Å². The lowest BCUT2D eigenvalue weighted by molar-refractivity contribution is -0.150. The first-order valence-electron chi connectivity index (χ1n) is 8.04. The van der Waals surface area contributed by atoms with Crippen molar-refractivity contribution in [2.24, 2.45) is 0 Å². The zero-order chi connectivity index (χ0) is 19.2. The van der Waals surface area contributed by atoms with E-state index in [-0.39, 0.29) is 23.3 Å². The highest BCUT2D eigenvalue weighted by molar-refractivity contribution is 9.10. The zero-order valence-corrected chi connectivity index (χ0v) is 17.5. The van der Waals surface area contributed by atoms with Gasteiger partial charge in [-0.3, -0.25) is 9.59 Å². The average molecular weight is 465 g/mol. The molecule has 0 heterocycles. The van der Waals surface area contributed by atoms with Crippen LogP contribution in [0.25, 0.3) is 0 Å². The molecule has 0 spiro atoms. The molecule has 26 heavy (non-hydrogen) atoms. The Balaban J connectivity index is 1.98. The minimum atomic E-state index is -3.88. The Morgan fingerprint density at radius 3 is 2.54 bits per heavy atom. The lowest BCUT2D eigenvalue weighted by Crippen LogP contribution is -2.43. The number of hydrogen-bond acceptors (Lipinski definition) is 6. The molecule has 1 aromatic carbocycles. The number of sulfonamides is 1. The summed E-state index contributed by atoms with van der Waals surface area (Å²) in [4.78, 5) is 24.0. The van der Waals surface area contributed by atoms with E-state index in [0.29, 0.717) is 5.75 Å². The van der Waals surface area contributed by atoms with E-state index >= 15 is 0 Å². The minimum absolute atomic E-state index is 0.0501. The van der Waals surface area contributed by atoms with Crippen molar-refractivity contribution in [1.82, 2.24) is 10.0 Å². The van der Waals surface area contributed by atoms with Crippen molar-refractivity contribution < 1.29 is 22.7 Å². The van der Waals surface area contributed by atoms with Crippen LogP contribution in [0.3, 0.4) is 0 Å². The van der Waals surface area contributed by atoms with E-state index in [1.165, 1.54) is 23.9 Å². The number of benzene rings is 1. The largest absolute Gasteiger partial charge is 0.454 e. The molecule has 1 aromatic rings. The summed E-state index contributed by atoms with van der Waals surface area (Å²) in [6, 6.07) is 5.20. The molecule has 0 saturated heterocycles. The van der Waals surface area contributed by atoms with E-state index < -0.39 is 28.6 Å². The molecular weight excluding hydrogens is 444 g/mol. The van der Waals surface area contributed by atoms with E-state index in [1.807, 2.05) is 6.26 Å². The van der Waals surface area contributed by atoms with Crippen LogP contribution >= 0.6 is 27.7 Å². The van der Waals surface area contributed by atoms with Crippen molar-refractivity contribution >= 4 is 49.6 Å². The number of nitrogens with one attached hydrogen (secondary N) is 2. The van der Waals surface area contributed by atoms with Gasteiger partial charge in [0.2, 0.25) is 10.0 Å². The fourth-order valence-corrected chi connectivity index (χ4v) is 4.02. The third-order valence-corrected chi connectivity index (χ3v) is 6.26. The Kier molecular flexibility index (Phi) is 7.93. The van der Waals surface area contributed by atoms with Crippen LogP contribution in [-0.4, -0.2) is 51.0 Å². The Hall–Kier alpha value is -1.10. The monoisotopic (exact) mass is 464 g/mol. The predicted molar refractivity (Wildman–Crippen MR) is 103 cm³/mol. The second-order valence-corrected chi connectivity index (χ2v) is 9.47. The van der Waals surface area contributed by atoms with Gasteiger partial charge in [-0.1, -0.05) is 15.9 Å². The lowest BCUT2D eigenvalue weighted by atomic mass is 10.2. The molecule has 10 heteroatoms. The second kappa shape index (κ2) is 9.72. The van der Waals surface area contributed by atoms with Crippen LogP contribution in [0.15, 0.2) is 33.6 Å². The van der Waals surface area contributed by atoms with Gasteiger partial charge >= 0.3 is 5.97 Å². The van der Waals surface area contributed by atoms with Gasteiger partial charge < -0.3 is 10.1 Å². The van der Waals surface area contributed by atoms with Crippen LogP contribution in [0, 0.1) is 0 Å². The summed E-state index contributed by atoms with van der Waals surface area (Å²) < 4.78 is 33.1. The van der Waals surface area contributed by atoms with E-state index in [0.717, 1.165) is 17.3 Å². The molecule has 2 N–H and O–H groups in total. The van der Waals surface area contributed by atoms with Crippen LogP contribution in [0.1, 0.15) is 19.3 Å². The number of rotatable bonds is 10. The molecule has 1 atom stereocenters. The predicted octanol–water partition coefficient (Wildman–Crippen LogP) is 1.67. The van der Waals surface area contributed by atoms with Crippen molar-refractivity contribution in [3.63, 3.8) is 0 Å². The maximum absolute atomic E-state index is 12.5. The molecule has 0 unspecified atom stereocenters. The minimum Gasteiger partial charge on any atom is -0.454 e. The molecule has 2 rings (SSSR count). The molecule has 0 aromatic heterocycles. The smallest absolute Gasteiger partial charge is 0.324 e. The Bertz CT molecular complexity index is 736. The molecule has 0 aliphatic heterocycles. The quantitative estimate of drug-likeness (QED) is 0.510. The SMILES string of the molecule is CSCC[C@H](NS(=O)(=O)c1ccc(Br)cc1)C(=O)OCC(=O)NC1CC1. The highest BCUT2D eigenvalue weighted by Crippen LogP contribution is 2.18. The van der Waals surface area contributed by atoms with Crippen LogP contribution in [0.5, 0.6) is 0 Å². The van der Waals surface area contributed by atoms with E-state index in [9.17, 15) is 18.0 Å². The molecule has 7 nitrogen and oxygen atoms in total. The van der Waals surface area contributed by atoms with Gasteiger partial charge in [0, 0.05) is 10.5 Å². The first-order valence-corrected chi connectivity index (χ1v) is 11.7. The van der Waals surface area contributed by atoms with Crippen molar-refractivity contribution in [3.8, 4) is 0 Å². The maximum atomic E-state index is 12.5. The fraction of sp³-hybridized carbons (Fsp3) is 0.500. The van der Waals surface area contributed by atoms with Gasteiger partial charge in [0.1, 0.15) is 6.04 Å². The first kappa shape index (κ1) is 21.2. The number of ether oxygens (including phenoxy) is 1. The number of thioether (sulfide) groups is 1. The summed E-state index contributed by atoms with van der Waals surface area (Å²) in [6.45, 7) is -0.412. The van der Waals surface area contributed by atoms with Crippen molar-refractivity contribution in [2.45, 2.75) is 36.2 Å².